The second-order valence-electron chi connectivity index (χ2n) is 7.49. The van der Waals surface area contributed by atoms with Crippen molar-refractivity contribution in [2.75, 3.05) is 6.54 Å². The number of rotatable bonds is 7. The Bertz CT molecular complexity index is 1160. The molecule has 0 aliphatic carbocycles. The maximum absolute atomic E-state index is 11.5. The Morgan fingerprint density at radius 3 is 2.33 bits per heavy atom. The van der Waals surface area contributed by atoms with Crippen molar-refractivity contribution in [2.24, 2.45) is 7.05 Å². The number of aryl methyl sites for hydroxylation is 1. The Kier molecular flexibility index (Phi) is 5.53. The number of nitro groups is 1. The van der Waals surface area contributed by atoms with Crippen molar-refractivity contribution in [1.29, 1.82) is 0 Å². The van der Waals surface area contributed by atoms with E-state index in [4.69, 9.17) is 4.74 Å². The van der Waals surface area contributed by atoms with Gasteiger partial charge in [0.2, 0.25) is 6.54 Å². The van der Waals surface area contributed by atoms with Crippen molar-refractivity contribution >= 4 is 10.9 Å². The predicted molar refractivity (Wildman–Crippen MR) is 119 cm³/mol. The highest BCUT2D eigenvalue weighted by Gasteiger charge is 2.26. The van der Waals surface area contributed by atoms with E-state index in [9.17, 15) is 10.1 Å². The number of benzene rings is 3. The molecule has 1 unspecified atom stereocenters. The van der Waals surface area contributed by atoms with Gasteiger partial charge in [0.05, 0.1) is 5.92 Å². The minimum atomic E-state index is -0.325. The normalized spacial score (nSPS) is 12.1. The molecule has 3 aromatic carbocycles. The van der Waals surface area contributed by atoms with Crippen LogP contribution in [0, 0.1) is 17.0 Å². The zero-order valence-electron chi connectivity index (χ0n) is 17.1. The standard InChI is InChI=1S/C25H24N2O3/c1-18-25(22-10-6-7-11-24(22)26(18)2)23(16-27(28)29)20-12-14-21(15-13-20)30-17-19-8-4-3-5-9-19/h3-15,23H,16-17H2,1-2H3. The molecule has 5 nitrogen and oxygen atoms in total. The molecule has 4 aromatic rings. The van der Waals surface area contributed by atoms with Gasteiger partial charge in [0.25, 0.3) is 0 Å². The average Bonchev–Trinajstić information content (AvgIpc) is 3.02. The minimum Gasteiger partial charge on any atom is -0.489 e. The summed E-state index contributed by atoms with van der Waals surface area (Å²) in [4.78, 5) is 11.3. The van der Waals surface area contributed by atoms with E-state index in [2.05, 4.69) is 10.6 Å². The van der Waals surface area contributed by atoms with Crippen LogP contribution in [-0.4, -0.2) is 16.0 Å². The summed E-state index contributed by atoms with van der Waals surface area (Å²) >= 11 is 0. The van der Waals surface area contributed by atoms with Gasteiger partial charge in [0.1, 0.15) is 12.4 Å². The average molecular weight is 400 g/mol. The largest absolute Gasteiger partial charge is 0.489 e. The first-order chi connectivity index (χ1) is 14.5. The first kappa shape index (κ1) is 19.7. The molecular formula is C25H24N2O3. The number of fused-ring (bicyclic) bond motifs is 1. The van der Waals surface area contributed by atoms with Gasteiger partial charge in [-0.15, -0.1) is 0 Å². The summed E-state index contributed by atoms with van der Waals surface area (Å²) in [7, 11) is 2.00. The lowest BCUT2D eigenvalue weighted by Gasteiger charge is -2.16. The van der Waals surface area contributed by atoms with Crippen molar-refractivity contribution < 1.29 is 9.66 Å². The molecule has 0 saturated heterocycles. The van der Waals surface area contributed by atoms with E-state index in [1.807, 2.05) is 86.8 Å². The van der Waals surface area contributed by atoms with Crippen LogP contribution < -0.4 is 4.74 Å². The molecule has 1 aromatic heterocycles. The van der Waals surface area contributed by atoms with E-state index < -0.39 is 0 Å². The molecule has 0 amide bonds. The Balaban J connectivity index is 1.65. The second-order valence-corrected chi connectivity index (χ2v) is 7.49. The molecule has 1 heterocycles. The molecule has 152 valence electrons. The van der Waals surface area contributed by atoms with Gasteiger partial charge in [-0.05, 0) is 41.8 Å². The van der Waals surface area contributed by atoms with Crippen molar-refractivity contribution in [2.45, 2.75) is 19.4 Å². The highest BCUT2D eigenvalue weighted by Crippen LogP contribution is 2.36. The molecule has 0 radical (unpaired) electrons. The summed E-state index contributed by atoms with van der Waals surface area (Å²) in [6.07, 6.45) is 0. The molecule has 0 saturated carbocycles. The Morgan fingerprint density at radius 1 is 0.967 bits per heavy atom. The lowest BCUT2D eigenvalue weighted by Crippen LogP contribution is -2.15. The monoisotopic (exact) mass is 400 g/mol. The molecule has 0 spiro atoms. The van der Waals surface area contributed by atoms with E-state index >= 15 is 0 Å². The summed E-state index contributed by atoms with van der Waals surface area (Å²) < 4.78 is 7.98. The maximum atomic E-state index is 11.5. The summed E-state index contributed by atoms with van der Waals surface area (Å²) in [5.41, 5.74) is 5.16. The maximum Gasteiger partial charge on any atom is 0.214 e. The predicted octanol–water partition coefficient (Wildman–Crippen LogP) is 5.47. The number of nitrogens with zero attached hydrogens (tertiary/aromatic N) is 2. The van der Waals surface area contributed by atoms with Gasteiger partial charge in [-0.25, -0.2) is 0 Å². The number of ether oxygens (including phenoxy) is 1. The highest BCUT2D eigenvalue weighted by molar-refractivity contribution is 5.86. The van der Waals surface area contributed by atoms with Crippen LogP contribution in [0.15, 0.2) is 78.9 Å². The molecule has 0 fully saturated rings. The van der Waals surface area contributed by atoms with Gasteiger partial charge < -0.3 is 9.30 Å². The van der Waals surface area contributed by atoms with E-state index in [1.165, 1.54) is 0 Å². The van der Waals surface area contributed by atoms with E-state index in [1.54, 1.807) is 0 Å². The minimum absolute atomic E-state index is 0.154. The molecule has 0 N–H and O–H groups in total. The number of hydrogen-bond acceptors (Lipinski definition) is 3. The van der Waals surface area contributed by atoms with Crippen LogP contribution >= 0.6 is 0 Å². The first-order valence-electron chi connectivity index (χ1n) is 9.97. The Hall–Kier alpha value is -3.60. The van der Waals surface area contributed by atoms with Gasteiger partial charge in [-0.3, -0.25) is 10.1 Å². The quantitative estimate of drug-likeness (QED) is 0.305. The van der Waals surface area contributed by atoms with E-state index in [0.717, 1.165) is 39.0 Å². The molecule has 4 rings (SSSR count). The van der Waals surface area contributed by atoms with Gasteiger partial charge in [0.15, 0.2) is 0 Å². The number of para-hydroxylation sites is 1. The Morgan fingerprint density at radius 2 is 1.63 bits per heavy atom. The van der Waals surface area contributed by atoms with Crippen LogP contribution in [0.2, 0.25) is 0 Å². The van der Waals surface area contributed by atoms with Gasteiger partial charge in [-0.2, -0.15) is 0 Å². The third-order valence-electron chi connectivity index (χ3n) is 5.66. The second kappa shape index (κ2) is 8.41. The topological polar surface area (TPSA) is 57.3 Å². The lowest BCUT2D eigenvalue weighted by molar-refractivity contribution is -0.481. The van der Waals surface area contributed by atoms with Crippen molar-refractivity contribution in [3.05, 3.63) is 111 Å². The van der Waals surface area contributed by atoms with Crippen LogP contribution in [0.5, 0.6) is 5.75 Å². The fourth-order valence-electron chi connectivity index (χ4n) is 4.04. The number of aromatic nitrogens is 1. The summed E-state index contributed by atoms with van der Waals surface area (Å²) in [5.74, 6) is 0.423. The molecule has 1 atom stereocenters. The molecule has 5 heteroatoms. The molecule has 30 heavy (non-hydrogen) atoms. The molecule has 0 aliphatic heterocycles. The van der Waals surface area contributed by atoms with E-state index in [-0.39, 0.29) is 17.4 Å². The van der Waals surface area contributed by atoms with Crippen LogP contribution in [0.3, 0.4) is 0 Å². The summed E-state index contributed by atoms with van der Waals surface area (Å²) in [6.45, 7) is 2.36. The zero-order valence-corrected chi connectivity index (χ0v) is 17.1. The SMILES string of the molecule is Cc1c(C(C[N+](=O)[O-])c2ccc(OCc3ccccc3)cc2)c2ccccc2n1C. The van der Waals surface area contributed by atoms with Crippen LogP contribution in [-0.2, 0) is 13.7 Å². The molecule has 0 aliphatic rings. The highest BCUT2D eigenvalue weighted by atomic mass is 16.6. The van der Waals surface area contributed by atoms with Gasteiger partial charge in [0, 0.05) is 28.6 Å². The van der Waals surface area contributed by atoms with E-state index in [0.29, 0.717) is 6.61 Å². The van der Waals surface area contributed by atoms with Crippen LogP contribution in [0.25, 0.3) is 10.9 Å². The van der Waals surface area contributed by atoms with Crippen molar-refractivity contribution in [1.82, 2.24) is 4.57 Å². The Labute approximate surface area is 175 Å². The summed E-state index contributed by atoms with van der Waals surface area (Å²) in [5, 5.41) is 12.6. The fourth-order valence-corrected chi connectivity index (χ4v) is 4.04. The summed E-state index contributed by atoms with van der Waals surface area (Å²) in [6, 6.07) is 25.7. The van der Waals surface area contributed by atoms with Gasteiger partial charge in [-0.1, -0.05) is 60.7 Å². The first-order valence-corrected chi connectivity index (χ1v) is 9.97. The van der Waals surface area contributed by atoms with Crippen molar-refractivity contribution in [3.8, 4) is 5.75 Å². The third-order valence-corrected chi connectivity index (χ3v) is 5.66. The van der Waals surface area contributed by atoms with Crippen LogP contribution in [0.1, 0.15) is 28.3 Å². The number of hydrogen-bond donors (Lipinski definition) is 0. The zero-order chi connectivity index (χ0) is 21.1. The van der Waals surface area contributed by atoms with Gasteiger partial charge >= 0.3 is 0 Å². The third kappa shape index (κ3) is 3.92. The lowest BCUT2D eigenvalue weighted by atomic mass is 9.89. The molecule has 0 bridgehead atoms. The fraction of sp³-hybridized carbons (Fsp3) is 0.200. The van der Waals surface area contributed by atoms with Crippen LogP contribution in [0.4, 0.5) is 0 Å². The van der Waals surface area contributed by atoms with Crippen molar-refractivity contribution in [3.63, 3.8) is 0 Å². The molecular weight excluding hydrogens is 376 g/mol. The smallest absolute Gasteiger partial charge is 0.214 e.